The van der Waals surface area contributed by atoms with Crippen molar-refractivity contribution < 1.29 is 9.53 Å². The molecule has 0 radical (unpaired) electrons. The molecule has 1 aromatic heterocycles. The molecule has 2 N–H and O–H groups in total. The Labute approximate surface area is 101 Å². The fourth-order valence-electron chi connectivity index (χ4n) is 1.28. The summed E-state index contributed by atoms with van der Waals surface area (Å²) in [6.45, 7) is 8.43. The number of hydrogen-bond donors (Lipinski definition) is 1. The van der Waals surface area contributed by atoms with Crippen molar-refractivity contribution in [3.05, 3.63) is 5.69 Å². The monoisotopic (exact) mass is 240 g/mol. The predicted octanol–water partition coefficient (Wildman–Crippen LogP) is 1.47. The lowest BCUT2D eigenvalue weighted by Gasteiger charge is -2.07. The van der Waals surface area contributed by atoms with E-state index >= 15 is 0 Å². The molecule has 0 aromatic carbocycles. The van der Waals surface area contributed by atoms with Gasteiger partial charge in [-0.2, -0.15) is 0 Å². The average Bonchev–Trinajstić information content (AvgIpc) is 2.55. The molecular weight excluding hydrogens is 220 g/mol. The van der Waals surface area contributed by atoms with Gasteiger partial charge in [0.25, 0.3) is 0 Å². The van der Waals surface area contributed by atoms with Crippen LogP contribution in [0.2, 0.25) is 0 Å². The van der Waals surface area contributed by atoms with Crippen molar-refractivity contribution in [2.45, 2.75) is 46.8 Å². The minimum absolute atomic E-state index is 0.0995. The van der Waals surface area contributed by atoms with Crippen LogP contribution in [0.1, 0.15) is 44.6 Å². The lowest BCUT2D eigenvalue weighted by Crippen LogP contribution is -2.14. The maximum absolute atomic E-state index is 11.6. The van der Waals surface area contributed by atoms with Gasteiger partial charge < -0.3 is 10.5 Å². The summed E-state index contributed by atoms with van der Waals surface area (Å²) in [4.78, 5) is 11.6. The molecule has 0 bridgehead atoms. The van der Waals surface area contributed by atoms with E-state index in [1.807, 2.05) is 0 Å². The molecular formula is C11H20N4O2. The van der Waals surface area contributed by atoms with Crippen LogP contribution >= 0.6 is 0 Å². The lowest BCUT2D eigenvalue weighted by molar-refractivity contribution is 0.0372. The van der Waals surface area contributed by atoms with Crippen LogP contribution in [0.5, 0.6) is 0 Å². The van der Waals surface area contributed by atoms with Gasteiger partial charge in [0.05, 0.1) is 6.10 Å². The minimum Gasteiger partial charge on any atom is -0.458 e. The molecule has 1 rings (SSSR count). The molecule has 1 aromatic rings. The van der Waals surface area contributed by atoms with Crippen LogP contribution in [0.15, 0.2) is 0 Å². The molecule has 0 aliphatic rings. The van der Waals surface area contributed by atoms with Crippen LogP contribution < -0.4 is 5.73 Å². The first kappa shape index (κ1) is 13.5. The summed E-state index contributed by atoms with van der Waals surface area (Å²) in [5.41, 5.74) is 5.90. The number of hydrogen-bond acceptors (Lipinski definition) is 5. The molecule has 1 heterocycles. The first-order valence-corrected chi connectivity index (χ1v) is 5.81. The van der Waals surface area contributed by atoms with Gasteiger partial charge in [0.2, 0.25) is 5.69 Å². The zero-order valence-corrected chi connectivity index (χ0v) is 10.8. The zero-order valence-electron chi connectivity index (χ0n) is 10.8. The number of rotatable bonds is 5. The lowest BCUT2D eigenvalue weighted by atomic mass is 10.1. The molecule has 17 heavy (non-hydrogen) atoms. The van der Waals surface area contributed by atoms with Crippen LogP contribution in [0.4, 0.5) is 5.82 Å². The van der Waals surface area contributed by atoms with Gasteiger partial charge in [-0.1, -0.05) is 19.1 Å². The minimum atomic E-state index is -0.520. The number of aromatic nitrogens is 3. The van der Waals surface area contributed by atoms with Crippen LogP contribution in [0.3, 0.4) is 0 Å². The molecule has 6 nitrogen and oxygen atoms in total. The van der Waals surface area contributed by atoms with Crippen LogP contribution in [-0.2, 0) is 11.3 Å². The predicted molar refractivity (Wildman–Crippen MR) is 64.4 cm³/mol. The van der Waals surface area contributed by atoms with E-state index in [1.54, 1.807) is 13.8 Å². The summed E-state index contributed by atoms with van der Waals surface area (Å²) in [5, 5.41) is 7.62. The zero-order chi connectivity index (χ0) is 13.0. The third-order valence-corrected chi connectivity index (χ3v) is 2.23. The van der Waals surface area contributed by atoms with E-state index in [9.17, 15) is 4.79 Å². The maximum atomic E-state index is 11.6. The molecule has 6 heteroatoms. The standard InChI is InChI=1S/C11H20N4O2/c1-7(2)5-6-15-10(12)9(13-14-15)11(16)17-8(3)4/h7-8H,5-6,12H2,1-4H3. The van der Waals surface area contributed by atoms with E-state index in [-0.39, 0.29) is 17.6 Å². The van der Waals surface area contributed by atoms with Gasteiger partial charge in [-0.05, 0) is 26.2 Å². The van der Waals surface area contributed by atoms with Crippen LogP contribution in [0.25, 0.3) is 0 Å². The van der Waals surface area contributed by atoms with Crippen LogP contribution in [0, 0.1) is 5.92 Å². The summed E-state index contributed by atoms with van der Waals surface area (Å²) in [6, 6.07) is 0. The highest BCUT2D eigenvalue weighted by Crippen LogP contribution is 2.12. The van der Waals surface area contributed by atoms with Gasteiger partial charge in [-0.25, -0.2) is 9.48 Å². The molecule has 0 atom stereocenters. The van der Waals surface area contributed by atoms with Gasteiger partial charge in [0, 0.05) is 6.54 Å². The number of aryl methyl sites for hydroxylation is 1. The first-order valence-electron chi connectivity index (χ1n) is 5.81. The number of carbonyl (C=O) groups is 1. The number of anilines is 1. The third-order valence-electron chi connectivity index (χ3n) is 2.23. The molecule has 0 aliphatic heterocycles. The van der Waals surface area contributed by atoms with Crippen molar-refractivity contribution >= 4 is 11.8 Å². The Hall–Kier alpha value is -1.59. The summed E-state index contributed by atoms with van der Waals surface area (Å²) in [5.74, 6) is 0.300. The maximum Gasteiger partial charge on any atom is 0.363 e. The Bertz CT molecular complexity index is 385. The van der Waals surface area contributed by atoms with Crippen molar-refractivity contribution in [1.82, 2.24) is 15.0 Å². The fraction of sp³-hybridized carbons (Fsp3) is 0.727. The first-order chi connectivity index (χ1) is 7.91. The smallest absolute Gasteiger partial charge is 0.363 e. The number of nitrogens with zero attached hydrogens (tertiary/aromatic N) is 3. The summed E-state index contributed by atoms with van der Waals surface area (Å²) >= 11 is 0. The molecule has 0 saturated heterocycles. The van der Waals surface area contributed by atoms with E-state index in [2.05, 4.69) is 24.2 Å². The molecule has 0 aliphatic carbocycles. The Balaban J connectivity index is 2.73. The molecule has 96 valence electrons. The number of ether oxygens (including phenoxy) is 1. The highest BCUT2D eigenvalue weighted by molar-refractivity contribution is 5.91. The Morgan fingerprint density at radius 1 is 1.41 bits per heavy atom. The van der Waals surface area contributed by atoms with Gasteiger partial charge >= 0.3 is 5.97 Å². The average molecular weight is 240 g/mol. The number of nitrogens with two attached hydrogens (primary N) is 1. The van der Waals surface area contributed by atoms with Crippen molar-refractivity contribution in [1.29, 1.82) is 0 Å². The Kier molecular flexibility index (Phi) is 4.48. The Morgan fingerprint density at radius 2 is 2.06 bits per heavy atom. The largest absolute Gasteiger partial charge is 0.458 e. The second-order valence-corrected chi connectivity index (χ2v) is 4.68. The van der Waals surface area contributed by atoms with Gasteiger partial charge in [0.1, 0.15) is 0 Å². The summed E-state index contributed by atoms with van der Waals surface area (Å²) in [7, 11) is 0. The van der Waals surface area contributed by atoms with Crippen molar-refractivity contribution in [3.8, 4) is 0 Å². The number of nitrogen functional groups attached to an aromatic ring is 1. The highest BCUT2D eigenvalue weighted by atomic mass is 16.5. The van der Waals surface area contributed by atoms with Crippen molar-refractivity contribution in [2.75, 3.05) is 5.73 Å². The van der Waals surface area contributed by atoms with Crippen molar-refractivity contribution in [3.63, 3.8) is 0 Å². The molecule has 0 fully saturated rings. The molecule has 0 spiro atoms. The van der Waals surface area contributed by atoms with Crippen molar-refractivity contribution in [2.24, 2.45) is 5.92 Å². The number of esters is 1. The van der Waals surface area contributed by atoms with E-state index in [4.69, 9.17) is 10.5 Å². The number of carbonyl (C=O) groups excluding carboxylic acids is 1. The SMILES string of the molecule is CC(C)CCn1nnc(C(=O)OC(C)C)c1N. The van der Waals surface area contributed by atoms with Crippen LogP contribution in [-0.4, -0.2) is 27.1 Å². The van der Waals surface area contributed by atoms with Gasteiger partial charge in [0.15, 0.2) is 5.82 Å². The van der Waals surface area contributed by atoms with E-state index in [0.29, 0.717) is 12.5 Å². The quantitative estimate of drug-likeness (QED) is 0.788. The topological polar surface area (TPSA) is 83.0 Å². The molecule has 0 amide bonds. The van der Waals surface area contributed by atoms with Gasteiger partial charge in [-0.15, -0.1) is 5.10 Å². The second kappa shape index (κ2) is 5.65. The van der Waals surface area contributed by atoms with Gasteiger partial charge in [-0.3, -0.25) is 0 Å². The van der Waals surface area contributed by atoms with E-state index < -0.39 is 5.97 Å². The highest BCUT2D eigenvalue weighted by Gasteiger charge is 2.19. The summed E-state index contributed by atoms with van der Waals surface area (Å²) < 4.78 is 6.56. The summed E-state index contributed by atoms with van der Waals surface area (Å²) in [6.07, 6.45) is 0.745. The normalized spacial score (nSPS) is 11.2. The van der Waals surface area contributed by atoms with E-state index in [1.165, 1.54) is 4.68 Å². The second-order valence-electron chi connectivity index (χ2n) is 4.68. The fourth-order valence-corrected chi connectivity index (χ4v) is 1.28. The third kappa shape index (κ3) is 3.72. The molecule has 0 saturated carbocycles. The van der Waals surface area contributed by atoms with E-state index in [0.717, 1.165) is 6.42 Å². The molecule has 0 unspecified atom stereocenters. The Morgan fingerprint density at radius 3 is 2.59 bits per heavy atom.